The summed E-state index contributed by atoms with van der Waals surface area (Å²) < 4.78 is 0. The van der Waals surface area contributed by atoms with Crippen LogP contribution in [0.2, 0.25) is 0 Å². The van der Waals surface area contributed by atoms with Gasteiger partial charge in [-0.2, -0.15) is 0 Å². The van der Waals surface area contributed by atoms with Gasteiger partial charge in [0.25, 0.3) is 0 Å². The number of unbranched alkanes of at least 4 members (excludes halogenated alkanes) is 4. The van der Waals surface area contributed by atoms with E-state index in [1.807, 2.05) is 0 Å². The topological polar surface area (TPSA) is 0 Å². The van der Waals surface area contributed by atoms with Gasteiger partial charge < -0.3 is 0 Å². The van der Waals surface area contributed by atoms with Crippen LogP contribution in [-0.2, 0) is 25.7 Å². The van der Waals surface area contributed by atoms with E-state index < -0.39 is 0 Å². The van der Waals surface area contributed by atoms with Crippen LogP contribution in [0.25, 0.3) is 54.6 Å². The maximum Gasteiger partial charge on any atom is -0.00923 e. The van der Waals surface area contributed by atoms with Gasteiger partial charge in [-0.1, -0.05) is 138 Å². The first-order chi connectivity index (χ1) is 22.7. The monoisotopic (exact) mass is 604 g/mol. The third-order valence-corrected chi connectivity index (χ3v) is 10.1. The van der Waals surface area contributed by atoms with Crippen molar-refractivity contribution in [1.82, 2.24) is 0 Å². The summed E-state index contributed by atoms with van der Waals surface area (Å²) in [5.41, 5.74) is 11.8. The molecule has 0 heteroatoms. The number of fused-ring (bicyclic) bond motifs is 5. The second-order valence-corrected chi connectivity index (χ2v) is 13.4. The molecule has 0 radical (unpaired) electrons. The highest BCUT2D eigenvalue weighted by atomic mass is 14.2. The van der Waals surface area contributed by atoms with Crippen molar-refractivity contribution >= 4 is 32.3 Å². The summed E-state index contributed by atoms with van der Waals surface area (Å²) in [5.74, 6) is 0. The Balaban J connectivity index is 1.70. The molecule has 0 amide bonds. The van der Waals surface area contributed by atoms with Crippen molar-refractivity contribution in [1.29, 1.82) is 0 Å². The van der Waals surface area contributed by atoms with Crippen LogP contribution >= 0.6 is 0 Å². The Morgan fingerprint density at radius 3 is 0.935 bits per heavy atom. The van der Waals surface area contributed by atoms with E-state index in [4.69, 9.17) is 0 Å². The molecule has 0 bridgehead atoms. The third-order valence-electron chi connectivity index (χ3n) is 10.1. The van der Waals surface area contributed by atoms with Crippen molar-refractivity contribution in [3.8, 4) is 22.3 Å². The highest BCUT2D eigenvalue weighted by Crippen LogP contribution is 2.45. The van der Waals surface area contributed by atoms with E-state index in [0.29, 0.717) is 0 Å². The standard InChI is InChI=1S/C46H52/c1-5-9-19-33-23-17-24-34(20-10-6-2)45(33)43-31-41-38-28-14-16-30-40(38)44(32-42(41)37-27-13-15-29-39(37)43)46-35(21-11-7-3)25-18-26-36(46)22-12-8-4/h13-18,23-32H,5-12,19-22H2,1-4H3. The van der Waals surface area contributed by atoms with Gasteiger partial charge in [0.15, 0.2) is 0 Å². The molecule has 0 saturated heterocycles. The van der Waals surface area contributed by atoms with Crippen molar-refractivity contribution in [2.24, 2.45) is 0 Å². The van der Waals surface area contributed by atoms with Gasteiger partial charge in [-0.15, -0.1) is 0 Å². The van der Waals surface area contributed by atoms with E-state index >= 15 is 0 Å². The molecule has 0 aliphatic rings. The van der Waals surface area contributed by atoms with E-state index in [0.717, 1.165) is 25.7 Å². The third kappa shape index (κ3) is 6.37. The summed E-state index contributed by atoms with van der Waals surface area (Å²) in [7, 11) is 0. The highest BCUT2D eigenvalue weighted by Gasteiger charge is 2.20. The predicted molar refractivity (Wildman–Crippen MR) is 204 cm³/mol. The van der Waals surface area contributed by atoms with E-state index in [-0.39, 0.29) is 0 Å². The average Bonchev–Trinajstić information content (AvgIpc) is 3.10. The number of hydrogen-bond donors (Lipinski definition) is 0. The summed E-state index contributed by atoms with van der Waals surface area (Å²) in [6.45, 7) is 9.24. The molecule has 0 aliphatic heterocycles. The number of benzene rings is 6. The zero-order valence-electron chi connectivity index (χ0n) is 28.7. The summed E-state index contributed by atoms with van der Waals surface area (Å²) in [6.07, 6.45) is 14.3. The average molecular weight is 605 g/mol. The van der Waals surface area contributed by atoms with Crippen LogP contribution in [0.5, 0.6) is 0 Å². The number of hydrogen-bond acceptors (Lipinski definition) is 0. The predicted octanol–water partition coefficient (Wildman–Crippen LogP) is 13.9. The second kappa shape index (κ2) is 15.1. The van der Waals surface area contributed by atoms with Gasteiger partial charge in [-0.25, -0.2) is 0 Å². The zero-order valence-corrected chi connectivity index (χ0v) is 28.7. The van der Waals surface area contributed by atoms with Crippen LogP contribution in [0.15, 0.2) is 97.1 Å². The molecule has 0 unspecified atom stereocenters. The van der Waals surface area contributed by atoms with Crippen LogP contribution in [0.3, 0.4) is 0 Å². The fourth-order valence-electron chi connectivity index (χ4n) is 7.67. The lowest BCUT2D eigenvalue weighted by Gasteiger charge is -2.22. The van der Waals surface area contributed by atoms with Crippen molar-refractivity contribution in [2.45, 2.75) is 105 Å². The normalized spacial score (nSPS) is 11.7. The molecule has 6 aromatic carbocycles. The molecule has 46 heavy (non-hydrogen) atoms. The minimum absolute atomic E-state index is 1.13. The second-order valence-electron chi connectivity index (χ2n) is 13.4. The Kier molecular flexibility index (Phi) is 10.5. The molecule has 0 fully saturated rings. The van der Waals surface area contributed by atoms with Gasteiger partial charge >= 0.3 is 0 Å². The lowest BCUT2D eigenvalue weighted by molar-refractivity contribution is 0.782. The van der Waals surface area contributed by atoms with Crippen LogP contribution in [0.4, 0.5) is 0 Å². The molecule has 6 aromatic rings. The van der Waals surface area contributed by atoms with Gasteiger partial charge in [0, 0.05) is 0 Å². The Bertz CT molecular complexity index is 1740. The minimum Gasteiger partial charge on any atom is -0.0654 e. The Morgan fingerprint density at radius 1 is 0.326 bits per heavy atom. The van der Waals surface area contributed by atoms with E-state index in [9.17, 15) is 0 Å². The maximum atomic E-state index is 2.56. The van der Waals surface area contributed by atoms with E-state index in [1.165, 1.54) is 128 Å². The van der Waals surface area contributed by atoms with Crippen LogP contribution in [0.1, 0.15) is 101 Å². The van der Waals surface area contributed by atoms with Crippen LogP contribution in [0, 0.1) is 0 Å². The fourth-order valence-corrected chi connectivity index (χ4v) is 7.67. The van der Waals surface area contributed by atoms with Gasteiger partial charge in [0.1, 0.15) is 0 Å². The summed E-state index contributed by atoms with van der Waals surface area (Å²) >= 11 is 0. The number of rotatable bonds is 14. The van der Waals surface area contributed by atoms with Crippen molar-refractivity contribution in [3.63, 3.8) is 0 Å². The first-order valence-corrected chi connectivity index (χ1v) is 18.3. The molecule has 0 N–H and O–H groups in total. The molecule has 0 nitrogen and oxygen atoms in total. The fraction of sp³-hybridized carbons (Fsp3) is 0.348. The maximum absolute atomic E-state index is 2.56. The highest BCUT2D eigenvalue weighted by molar-refractivity contribution is 6.24. The molecule has 0 heterocycles. The molecule has 0 spiro atoms. The molecular formula is C46H52. The van der Waals surface area contributed by atoms with Crippen molar-refractivity contribution in [2.75, 3.05) is 0 Å². The summed E-state index contributed by atoms with van der Waals surface area (Å²) in [6, 6.07) is 37.8. The molecule has 0 atom stereocenters. The lowest BCUT2D eigenvalue weighted by atomic mass is 9.82. The van der Waals surface area contributed by atoms with Crippen LogP contribution < -0.4 is 0 Å². The van der Waals surface area contributed by atoms with Gasteiger partial charge in [0.2, 0.25) is 0 Å². The largest absolute Gasteiger partial charge is 0.0654 e. The molecule has 0 aromatic heterocycles. The molecule has 0 aliphatic carbocycles. The summed E-state index contributed by atoms with van der Waals surface area (Å²) in [5, 5.41) is 8.25. The minimum atomic E-state index is 1.13. The SMILES string of the molecule is CCCCc1cccc(CCCC)c1-c1cc2c3ccccc3c(-c3c(CCCC)cccc3CCCC)cc2c2ccccc12. The van der Waals surface area contributed by atoms with Gasteiger partial charge in [-0.05, 0) is 140 Å². The lowest BCUT2D eigenvalue weighted by Crippen LogP contribution is -2.00. The van der Waals surface area contributed by atoms with Crippen molar-refractivity contribution < 1.29 is 0 Å². The smallest absolute Gasteiger partial charge is 0.00923 e. The van der Waals surface area contributed by atoms with Crippen molar-refractivity contribution in [3.05, 3.63) is 119 Å². The van der Waals surface area contributed by atoms with Crippen LogP contribution in [-0.4, -0.2) is 0 Å². The zero-order chi connectivity index (χ0) is 31.9. The Morgan fingerprint density at radius 2 is 0.630 bits per heavy atom. The van der Waals surface area contributed by atoms with E-state index in [2.05, 4.69) is 125 Å². The Hall–Kier alpha value is -3.90. The Labute approximate surface area is 277 Å². The molecule has 236 valence electrons. The first kappa shape index (κ1) is 32.1. The first-order valence-electron chi connectivity index (χ1n) is 18.3. The quantitative estimate of drug-likeness (QED) is 0.109. The van der Waals surface area contributed by atoms with E-state index in [1.54, 1.807) is 0 Å². The summed E-state index contributed by atoms with van der Waals surface area (Å²) in [4.78, 5) is 0. The number of aryl methyl sites for hydroxylation is 4. The van der Waals surface area contributed by atoms with Gasteiger partial charge in [0.05, 0.1) is 0 Å². The van der Waals surface area contributed by atoms with Gasteiger partial charge in [-0.3, -0.25) is 0 Å². The molecular weight excluding hydrogens is 553 g/mol. The molecule has 6 rings (SSSR count). The molecule has 0 saturated carbocycles.